The van der Waals surface area contributed by atoms with E-state index in [1.165, 1.54) is 11.6 Å². The Hall–Kier alpha value is -1.50. The molecule has 2 rings (SSSR count). The van der Waals surface area contributed by atoms with Crippen LogP contribution in [-0.2, 0) is 14.1 Å². The van der Waals surface area contributed by atoms with Gasteiger partial charge in [0, 0.05) is 19.8 Å². The number of aryl methyl sites for hydroxylation is 1. The minimum absolute atomic E-state index is 0.334. The molecule has 0 aliphatic carbocycles. The van der Waals surface area contributed by atoms with Gasteiger partial charge >= 0.3 is 5.69 Å². The summed E-state index contributed by atoms with van der Waals surface area (Å²) in [7, 11) is 3.07. The van der Waals surface area contributed by atoms with E-state index in [2.05, 4.69) is 16.9 Å². The van der Waals surface area contributed by atoms with Gasteiger partial charge in [-0.15, -0.1) is 0 Å². The van der Waals surface area contributed by atoms with Crippen LogP contribution in [0.3, 0.4) is 0 Å². The van der Waals surface area contributed by atoms with Crippen molar-refractivity contribution in [1.29, 1.82) is 0 Å². The second-order valence-corrected chi connectivity index (χ2v) is 4.88. The van der Waals surface area contributed by atoms with Gasteiger partial charge in [-0.2, -0.15) is 0 Å². The Balaban J connectivity index is 2.69. The zero-order chi connectivity index (χ0) is 12.6. The van der Waals surface area contributed by atoms with Gasteiger partial charge in [-0.1, -0.05) is 18.7 Å². The third kappa shape index (κ3) is 1.90. The van der Waals surface area contributed by atoms with Crippen LogP contribution in [-0.4, -0.2) is 24.9 Å². The second-order valence-electron chi connectivity index (χ2n) is 3.79. The summed E-state index contributed by atoms with van der Waals surface area (Å²) in [6.07, 6.45) is 1.03. The first-order valence-corrected chi connectivity index (χ1v) is 6.33. The van der Waals surface area contributed by atoms with Crippen molar-refractivity contribution in [3.63, 3.8) is 0 Å². The van der Waals surface area contributed by atoms with Gasteiger partial charge in [-0.25, -0.2) is 9.78 Å². The predicted molar refractivity (Wildman–Crippen MR) is 67.6 cm³/mol. The third-order valence-electron chi connectivity index (χ3n) is 2.52. The number of hydrogen-bond donors (Lipinski definition) is 1. The number of fused-ring (bicyclic) bond motifs is 1. The molecule has 0 atom stereocenters. The molecule has 0 amide bonds. The van der Waals surface area contributed by atoms with Crippen molar-refractivity contribution in [2.24, 2.45) is 14.1 Å². The molecule has 6 nitrogen and oxygen atoms in total. The number of rotatable bonds is 3. The van der Waals surface area contributed by atoms with Gasteiger partial charge in [-0.3, -0.25) is 13.9 Å². The fourth-order valence-corrected chi connectivity index (χ4v) is 2.29. The van der Waals surface area contributed by atoms with Crippen molar-refractivity contribution in [2.75, 3.05) is 5.75 Å². The van der Waals surface area contributed by atoms with Crippen molar-refractivity contribution < 1.29 is 0 Å². The van der Waals surface area contributed by atoms with E-state index < -0.39 is 0 Å². The Labute approximate surface area is 102 Å². The topological polar surface area (TPSA) is 72.7 Å². The maximum atomic E-state index is 11.9. The molecule has 0 fully saturated rings. The van der Waals surface area contributed by atoms with Gasteiger partial charge in [0.25, 0.3) is 5.56 Å². The highest BCUT2D eigenvalue weighted by Gasteiger charge is 2.13. The highest BCUT2D eigenvalue weighted by atomic mass is 32.2. The van der Waals surface area contributed by atoms with Gasteiger partial charge in [0.15, 0.2) is 16.3 Å². The molecule has 0 unspecified atom stereocenters. The molecule has 2 heterocycles. The molecule has 17 heavy (non-hydrogen) atoms. The first kappa shape index (κ1) is 12.0. The van der Waals surface area contributed by atoms with Crippen molar-refractivity contribution in [2.45, 2.75) is 18.5 Å². The molecular weight excluding hydrogens is 240 g/mol. The Morgan fingerprint density at radius 3 is 2.65 bits per heavy atom. The molecule has 7 heteroatoms. The summed E-state index contributed by atoms with van der Waals surface area (Å²) in [6, 6.07) is 0. The SMILES string of the molecule is CCCSc1nc2c([nH]1)c(=O)n(C)c(=O)n2C. The molecule has 0 aliphatic rings. The van der Waals surface area contributed by atoms with Crippen LogP contribution in [0, 0.1) is 0 Å². The van der Waals surface area contributed by atoms with Gasteiger partial charge in [0.2, 0.25) is 0 Å². The first-order chi connectivity index (χ1) is 8.06. The lowest BCUT2D eigenvalue weighted by Crippen LogP contribution is -2.36. The highest BCUT2D eigenvalue weighted by molar-refractivity contribution is 7.99. The number of aromatic amines is 1. The molecule has 0 radical (unpaired) electrons. The van der Waals surface area contributed by atoms with Crippen LogP contribution >= 0.6 is 11.8 Å². The highest BCUT2D eigenvalue weighted by Crippen LogP contribution is 2.16. The minimum atomic E-state index is -0.360. The molecule has 0 spiro atoms. The second kappa shape index (κ2) is 4.40. The fraction of sp³-hybridized carbons (Fsp3) is 0.500. The number of H-pyrrole nitrogens is 1. The summed E-state index contributed by atoms with van der Waals surface area (Å²) in [5.41, 5.74) is 0.102. The Morgan fingerprint density at radius 2 is 2.00 bits per heavy atom. The van der Waals surface area contributed by atoms with Crippen LogP contribution < -0.4 is 11.2 Å². The molecule has 0 bridgehead atoms. The predicted octanol–water partition coefficient (Wildman–Crippen LogP) is 0.462. The molecule has 2 aromatic heterocycles. The number of hydrogen-bond acceptors (Lipinski definition) is 4. The lowest BCUT2D eigenvalue weighted by Gasteiger charge is -2.00. The number of nitrogens with one attached hydrogen (secondary N) is 1. The van der Waals surface area contributed by atoms with Crippen LogP contribution in [0.15, 0.2) is 14.7 Å². The van der Waals surface area contributed by atoms with E-state index in [0.29, 0.717) is 16.3 Å². The van der Waals surface area contributed by atoms with E-state index in [1.807, 2.05) is 0 Å². The largest absolute Gasteiger partial charge is 0.332 e. The number of imidazole rings is 1. The smallest absolute Gasteiger partial charge is 0.327 e. The summed E-state index contributed by atoms with van der Waals surface area (Å²) >= 11 is 1.55. The number of nitrogens with zero attached hydrogens (tertiary/aromatic N) is 3. The minimum Gasteiger partial charge on any atom is -0.327 e. The van der Waals surface area contributed by atoms with Crippen molar-refractivity contribution in [3.05, 3.63) is 20.8 Å². The zero-order valence-electron chi connectivity index (χ0n) is 9.98. The summed E-state index contributed by atoms with van der Waals surface area (Å²) in [5, 5.41) is 0.681. The van der Waals surface area contributed by atoms with Crippen molar-refractivity contribution in [1.82, 2.24) is 19.1 Å². The summed E-state index contributed by atoms with van der Waals surface area (Å²) in [4.78, 5) is 30.8. The maximum absolute atomic E-state index is 11.9. The molecule has 0 aliphatic heterocycles. The standard InChI is InChI=1S/C10H14N4O2S/c1-4-5-17-9-11-6-7(12-9)13(2)10(16)14(3)8(6)15/h4-5H2,1-3H3,(H,11,12). The van der Waals surface area contributed by atoms with E-state index in [-0.39, 0.29) is 11.2 Å². The summed E-state index contributed by atoms with van der Waals surface area (Å²) in [6.45, 7) is 2.07. The summed E-state index contributed by atoms with van der Waals surface area (Å²) in [5.74, 6) is 0.925. The van der Waals surface area contributed by atoms with Crippen molar-refractivity contribution in [3.8, 4) is 0 Å². The Morgan fingerprint density at radius 1 is 1.29 bits per heavy atom. The van der Waals surface area contributed by atoms with E-state index in [1.54, 1.807) is 18.8 Å². The number of aromatic nitrogens is 4. The van der Waals surface area contributed by atoms with E-state index in [0.717, 1.165) is 16.7 Å². The lowest BCUT2D eigenvalue weighted by atomic mass is 10.5. The summed E-state index contributed by atoms with van der Waals surface area (Å²) < 4.78 is 2.46. The van der Waals surface area contributed by atoms with Crippen LogP contribution in [0.1, 0.15) is 13.3 Å². The molecule has 2 aromatic rings. The molecule has 0 aromatic carbocycles. The van der Waals surface area contributed by atoms with Crippen LogP contribution in [0.25, 0.3) is 11.2 Å². The molecule has 1 N–H and O–H groups in total. The maximum Gasteiger partial charge on any atom is 0.332 e. The lowest BCUT2D eigenvalue weighted by molar-refractivity contribution is 0.708. The fourth-order valence-electron chi connectivity index (χ4n) is 1.57. The van der Waals surface area contributed by atoms with Gasteiger partial charge < -0.3 is 4.98 Å². The van der Waals surface area contributed by atoms with Gasteiger partial charge in [-0.05, 0) is 6.42 Å². The number of thioether (sulfide) groups is 1. The quantitative estimate of drug-likeness (QED) is 0.808. The Bertz CT molecular complexity index is 667. The monoisotopic (exact) mass is 254 g/mol. The molecule has 92 valence electrons. The van der Waals surface area contributed by atoms with Gasteiger partial charge in [0.05, 0.1) is 0 Å². The zero-order valence-corrected chi connectivity index (χ0v) is 10.8. The molecule has 0 saturated heterocycles. The van der Waals surface area contributed by atoms with E-state index in [9.17, 15) is 9.59 Å². The van der Waals surface area contributed by atoms with Crippen molar-refractivity contribution >= 4 is 22.9 Å². The van der Waals surface area contributed by atoms with E-state index >= 15 is 0 Å². The van der Waals surface area contributed by atoms with Gasteiger partial charge in [0.1, 0.15) is 0 Å². The molecular formula is C10H14N4O2S. The first-order valence-electron chi connectivity index (χ1n) is 5.34. The Kier molecular flexibility index (Phi) is 3.10. The van der Waals surface area contributed by atoms with Crippen LogP contribution in [0.4, 0.5) is 0 Å². The average Bonchev–Trinajstić information content (AvgIpc) is 2.75. The average molecular weight is 254 g/mol. The normalized spacial score (nSPS) is 11.2. The van der Waals surface area contributed by atoms with E-state index in [4.69, 9.17) is 0 Å². The third-order valence-corrected chi connectivity index (χ3v) is 3.60. The van der Waals surface area contributed by atoms with Crippen LogP contribution in [0.2, 0.25) is 0 Å². The van der Waals surface area contributed by atoms with Crippen LogP contribution in [0.5, 0.6) is 0 Å². The molecule has 0 saturated carbocycles.